The number of hydrogen-bond donors (Lipinski definition) is 0. The van der Waals surface area contributed by atoms with Crippen LogP contribution in [0.15, 0.2) is 11.5 Å². The molecule has 0 saturated carbocycles. The van der Waals surface area contributed by atoms with Gasteiger partial charge in [-0.05, 0) is 13.3 Å². The van der Waals surface area contributed by atoms with E-state index in [1.807, 2.05) is 6.92 Å². The van der Waals surface area contributed by atoms with Crippen LogP contribution in [0.25, 0.3) is 0 Å². The lowest BCUT2D eigenvalue weighted by Gasteiger charge is -2.05. The van der Waals surface area contributed by atoms with Crippen LogP contribution >= 0.6 is 0 Å². The Morgan fingerprint density at radius 1 is 0.697 bits per heavy atom. The highest BCUT2D eigenvalue weighted by atomic mass is 16.6. The molecule has 0 aromatic rings. The summed E-state index contributed by atoms with van der Waals surface area (Å²) < 4.78 is 10.7. The molecule has 0 aromatic carbocycles. The molecular weight excluding hydrogens is 412 g/mol. The zero-order chi connectivity index (χ0) is 24.2. The molecule has 1 rings (SSSR count). The Morgan fingerprint density at radius 2 is 1.09 bits per heavy atom. The summed E-state index contributed by atoms with van der Waals surface area (Å²) in [6.07, 6.45) is 25.8. The van der Waals surface area contributed by atoms with Gasteiger partial charge < -0.3 is 9.47 Å². The highest BCUT2D eigenvalue weighted by Gasteiger charge is 2.33. The molecule has 1 heterocycles. The van der Waals surface area contributed by atoms with Crippen LogP contribution < -0.4 is 0 Å². The summed E-state index contributed by atoms with van der Waals surface area (Å²) in [7, 11) is 0. The second kappa shape index (κ2) is 20.1. The molecule has 1 aliphatic heterocycles. The highest BCUT2D eigenvalue weighted by Crippen LogP contribution is 2.25. The molecule has 0 fully saturated rings. The average Bonchev–Trinajstić information content (AvgIpc) is 3.08. The fourth-order valence-corrected chi connectivity index (χ4v) is 4.51. The quantitative estimate of drug-likeness (QED) is 0.118. The number of allylic oxidation sites excluding steroid dienone is 1. The molecule has 0 bridgehead atoms. The van der Waals surface area contributed by atoms with E-state index in [1.165, 1.54) is 109 Å². The Labute approximate surface area is 204 Å². The maximum Gasteiger partial charge on any atom is 0.311 e. The number of hydrogen-bond acceptors (Lipinski definition) is 4. The molecule has 1 atom stereocenters. The Morgan fingerprint density at radius 3 is 1.48 bits per heavy atom. The minimum Gasteiger partial charge on any atom is -0.483 e. The van der Waals surface area contributed by atoms with Gasteiger partial charge >= 0.3 is 5.97 Å². The van der Waals surface area contributed by atoms with E-state index in [0.29, 0.717) is 18.6 Å². The van der Waals surface area contributed by atoms with E-state index in [9.17, 15) is 9.59 Å². The lowest BCUT2D eigenvalue weighted by molar-refractivity contribution is -0.142. The summed E-state index contributed by atoms with van der Waals surface area (Å²) in [5.74, 6) is 0.115. The number of carbonyl (C=O) groups is 2. The van der Waals surface area contributed by atoms with Crippen LogP contribution in [0, 0.1) is 0 Å². The number of ketones is 1. The molecule has 1 unspecified atom stereocenters. The third kappa shape index (κ3) is 14.5. The predicted octanol–water partition coefficient (Wildman–Crippen LogP) is 8.96. The smallest absolute Gasteiger partial charge is 0.311 e. The van der Waals surface area contributed by atoms with Crippen molar-refractivity contribution >= 4 is 11.8 Å². The number of ether oxygens (including phenoxy) is 2. The molecule has 0 aromatic heterocycles. The van der Waals surface area contributed by atoms with Crippen molar-refractivity contribution in [3.63, 3.8) is 0 Å². The number of rotatable bonds is 22. The van der Waals surface area contributed by atoms with Crippen molar-refractivity contribution in [3.8, 4) is 0 Å². The van der Waals surface area contributed by atoms with Crippen molar-refractivity contribution in [1.82, 2.24) is 0 Å². The van der Waals surface area contributed by atoms with Gasteiger partial charge in [0.1, 0.15) is 5.76 Å². The van der Waals surface area contributed by atoms with E-state index in [4.69, 9.17) is 9.47 Å². The first-order valence-electron chi connectivity index (χ1n) is 14.2. The maximum atomic E-state index is 12.0. The van der Waals surface area contributed by atoms with E-state index >= 15 is 0 Å². The third-order valence-corrected chi connectivity index (χ3v) is 6.69. The monoisotopic (exact) mass is 464 g/mol. The Bertz CT molecular complexity index is 552. The highest BCUT2D eigenvalue weighted by molar-refractivity contribution is 6.00. The van der Waals surface area contributed by atoms with Crippen molar-refractivity contribution in [1.29, 1.82) is 0 Å². The zero-order valence-corrected chi connectivity index (χ0v) is 22.1. The molecule has 0 saturated heterocycles. The molecule has 0 amide bonds. The Kier molecular flexibility index (Phi) is 18.1. The fourth-order valence-electron chi connectivity index (χ4n) is 4.51. The van der Waals surface area contributed by atoms with E-state index in [1.54, 1.807) is 6.92 Å². The summed E-state index contributed by atoms with van der Waals surface area (Å²) in [5, 5.41) is 0. The number of carbonyl (C=O) groups excluding carboxylic acids is 2. The molecule has 0 spiro atoms. The van der Waals surface area contributed by atoms with Gasteiger partial charge in [-0.3, -0.25) is 9.59 Å². The largest absolute Gasteiger partial charge is 0.483 e. The number of unbranched alkanes of at least 4 members (excludes halogenated alkanes) is 18. The van der Waals surface area contributed by atoms with Crippen molar-refractivity contribution in [2.45, 2.75) is 162 Å². The van der Waals surface area contributed by atoms with Crippen molar-refractivity contribution < 1.29 is 19.1 Å². The summed E-state index contributed by atoms with van der Waals surface area (Å²) in [6.45, 7) is 5.87. The van der Waals surface area contributed by atoms with Crippen LogP contribution in [0.1, 0.15) is 156 Å². The van der Waals surface area contributed by atoms with Crippen LogP contribution in [-0.4, -0.2) is 17.9 Å². The fraction of sp³-hybridized carbons (Fsp3) is 0.862. The molecular formula is C29H52O4. The van der Waals surface area contributed by atoms with Crippen LogP contribution in [0.2, 0.25) is 0 Å². The Hall–Kier alpha value is -1.32. The molecule has 0 aliphatic carbocycles. The van der Waals surface area contributed by atoms with Crippen LogP contribution in [0.3, 0.4) is 0 Å². The van der Waals surface area contributed by atoms with Gasteiger partial charge in [-0.25, -0.2) is 0 Å². The van der Waals surface area contributed by atoms with Gasteiger partial charge in [0.15, 0.2) is 6.10 Å². The third-order valence-electron chi connectivity index (χ3n) is 6.69. The first kappa shape index (κ1) is 29.7. The SMILES string of the molecule is CCCCCCCCCCCCCCCCCCCCCC(=O)OC1=C(CC)OC(C)C1=O. The van der Waals surface area contributed by atoms with Gasteiger partial charge in [0, 0.05) is 12.8 Å². The lowest BCUT2D eigenvalue weighted by Crippen LogP contribution is -2.16. The van der Waals surface area contributed by atoms with Gasteiger partial charge in [0.2, 0.25) is 11.5 Å². The predicted molar refractivity (Wildman–Crippen MR) is 137 cm³/mol. The summed E-state index contributed by atoms with van der Waals surface area (Å²) in [5.41, 5.74) is 0. The minimum atomic E-state index is -0.530. The zero-order valence-electron chi connectivity index (χ0n) is 22.1. The van der Waals surface area contributed by atoms with Crippen LogP contribution in [0.5, 0.6) is 0 Å². The van der Waals surface area contributed by atoms with Gasteiger partial charge in [0.25, 0.3) is 0 Å². The summed E-state index contributed by atoms with van der Waals surface area (Å²) in [4.78, 5) is 24.0. The molecule has 33 heavy (non-hydrogen) atoms. The van der Waals surface area contributed by atoms with Crippen LogP contribution in [0.4, 0.5) is 0 Å². The molecule has 4 heteroatoms. The van der Waals surface area contributed by atoms with E-state index in [2.05, 4.69) is 6.92 Å². The first-order valence-corrected chi connectivity index (χ1v) is 14.2. The molecule has 0 N–H and O–H groups in total. The van der Waals surface area contributed by atoms with Crippen LogP contribution in [-0.2, 0) is 19.1 Å². The second-order valence-corrected chi connectivity index (χ2v) is 9.82. The minimum absolute atomic E-state index is 0.132. The normalized spacial score (nSPS) is 15.8. The maximum absolute atomic E-state index is 12.0. The van der Waals surface area contributed by atoms with Gasteiger partial charge in [-0.15, -0.1) is 0 Å². The number of Topliss-reactive ketones (excluding diaryl/α,β-unsaturated/α-hetero) is 1. The number of esters is 1. The standard InChI is InChI=1S/C29H52O4/c1-4-6-7-8-9-10-11-12-13-14-15-16-17-18-19-20-21-22-23-24-27(30)33-29-26(5-2)32-25(3)28(29)31/h25H,4-24H2,1-3H3. The molecule has 192 valence electrons. The first-order chi connectivity index (χ1) is 16.1. The second-order valence-electron chi connectivity index (χ2n) is 9.82. The van der Waals surface area contributed by atoms with E-state index < -0.39 is 6.10 Å². The van der Waals surface area contributed by atoms with Gasteiger partial charge in [0.05, 0.1) is 0 Å². The average molecular weight is 465 g/mol. The molecule has 4 nitrogen and oxygen atoms in total. The Balaban J connectivity index is 1.83. The summed E-state index contributed by atoms with van der Waals surface area (Å²) in [6, 6.07) is 0. The van der Waals surface area contributed by atoms with Gasteiger partial charge in [-0.2, -0.15) is 0 Å². The van der Waals surface area contributed by atoms with Gasteiger partial charge in [-0.1, -0.05) is 129 Å². The lowest BCUT2D eigenvalue weighted by atomic mass is 10.0. The molecule has 1 aliphatic rings. The van der Waals surface area contributed by atoms with Crippen molar-refractivity contribution in [2.75, 3.05) is 0 Å². The van der Waals surface area contributed by atoms with Crippen molar-refractivity contribution in [3.05, 3.63) is 11.5 Å². The molecule has 0 radical (unpaired) electrons. The summed E-state index contributed by atoms with van der Waals surface area (Å²) >= 11 is 0. The van der Waals surface area contributed by atoms with E-state index in [-0.39, 0.29) is 17.5 Å². The van der Waals surface area contributed by atoms with E-state index in [0.717, 1.165) is 12.8 Å². The van der Waals surface area contributed by atoms with Crippen molar-refractivity contribution in [2.24, 2.45) is 0 Å². The topological polar surface area (TPSA) is 52.6 Å².